The molecule has 0 aromatic heterocycles. The van der Waals surface area contributed by atoms with Crippen molar-refractivity contribution in [2.24, 2.45) is 0 Å². The Balaban J connectivity index is 1.37. The number of nitrogens with zero attached hydrogens (tertiary/aromatic N) is 1. The molecular formula is C27H29N3O7. The molecule has 5 rings (SSSR count). The fourth-order valence-corrected chi connectivity index (χ4v) is 5.12. The van der Waals surface area contributed by atoms with Gasteiger partial charge in [-0.15, -0.1) is 0 Å². The van der Waals surface area contributed by atoms with Gasteiger partial charge in [-0.2, -0.15) is 0 Å². The number of carbonyl (C=O) groups is 4. The first-order valence-corrected chi connectivity index (χ1v) is 12.3. The van der Waals surface area contributed by atoms with E-state index in [0.29, 0.717) is 12.0 Å². The lowest BCUT2D eigenvalue weighted by molar-refractivity contribution is -0.159. The minimum Gasteiger partial charge on any atom is -0.434 e. The lowest BCUT2D eigenvalue weighted by atomic mass is 9.95. The summed E-state index contributed by atoms with van der Waals surface area (Å²) in [6.45, 7) is 2.15. The van der Waals surface area contributed by atoms with Crippen LogP contribution in [0.4, 0.5) is 0 Å². The van der Waals surface area contributed by atoms with E-state index in [1.54, 1.807) is 12.1 Å². The van der Waals surface area contributed by atoms with E-state index in [9.17, 15) is 24.3 Å². The van der Waals surface area contributed by atoms with Crippen molar-refractivity contribution in [3.05, 3.63) is 59.7 Å². The molecule has 3 aliphatic heterocycles. The predicted octanol–water partition coefficient (Wildman–Crippen LogP) is 1.02. The van der Waals surface area contributed by atoms with Gasteiger partial charge in [-0.3, -0.25) is 19.2 Å². The van der Waals surface area contributed by atoms with Gasteiger partial charge in [-0.1, -0.05) is 42.0 Å². The van der Waals surface area contributed by atoms with Gasteiger partial charge in [0.25, 0.3) is 5.91 Å². The van der Waals surface area contributed by atoms with E-state index in [1.807, 2.05) is 43.3 Å². The van der Waals surface area contributed by atoms with E-state index < -0.39 is 42.3 Å². The molecule has 3 heterocycles. The summed E-state index contributed by atoms with van der Waals surface area (Å²) >= 11 is 0. The lowest BCUT2D eigenvalue weighted by Crippen LogP contribution is -2.65. The molecule has 0 spiro atoms. The Morgan fingerprint density at radius 1 is 1.03 bits per heavy atom. The molecule has 3 N–H and O–H groups in total. The molecule has 0 saturated carbocycles. The number of ether oxygens (including phenoxy) is 2. The molecule has 10 heteroatoms. The van der Waals surface area contributed by atoms with Crippen molar-refractivity contribution in [2.75, 3.05) is 13.2 Å². The highest BCUT2D eigenvalue weighted by atomic mass is 16.6. The van der Waals surface area contributed by atoms with Gasteiger partial charge in [0.2, 0.25) is 18.1 Å². The molecule has 2 aromatic carbocycles. The van der Waals surface area contributed by atoms with Gasteiger partial charge < -0.3 is 30.1 Å². The molecule has 3 aliphatic rings. The maximum atomic E-state index is 13.8. The van der Waals surface area contributed by atoms with Gasteiger partial charge in [0.15, 0.2) is 0 Å². The van der Waals surface area contributed by atoms with E-state index in [-0.39, 0.29) is 37.9 Å². The zero-order valence-electron chi connectivity index (χ0n) is 20.4. The summed E-state index contributed by atoms with van der Waals surface area (Å²) in [6.07, 6.45) is 1.13. The Kier molecular flexibility index (Phi) is 6.94. The highest BCUT2D eigenvalue weighted by Crippen LogP contribution is 2.26. The van der Waals surface area contributed by atoms with E-state index in [4.69, 9.17) is 9.47 Å². The predicted molar refractivity (Wildman–Crippen MR) is 132 cm³/mol. The van der Waals surface area contributed by atoms with Crippen molar-refractivity contribution in [3.8, 4) is 0 Å². The number of carbonyl (C=O) groups excluding carboxylic acids is 4. The summed E-state index contributed by atoms with van der Waals surface area (Å²) in [7, 11) is 0. The number of fused-ring (bicyclic) bond motifs is 2. The Morgan fingerprint density at radius 2 is 1.81 bits per heavy atom. The SMILES string of the molecule is C/C1=C/CC(NC(=O)c2ccc3ccccc3c2)C(=O)N2C(COCC2C(=O)NC2CC(=O)OC2O)C1. The van der Waals surface area contributed by atoms with Crippen molar-refractivity contribution in [1.29, 1.82) is 0 Å². The minimum absolute atomic E-state index is 0.0419. The Bertz CT molecular complexity index is 1280. The fourth-order valence-electron chi connectivity index (χ4n) is 5.12. The molecule has 5 atom stereocenters. The van der Waals surface area contributed by atoms with Crippen LogP contribution in [0.5, 0.6) is 0 Å². The Labute approximate surface area is 213 Å². The Morgan fingerprint density at radius 3 is 2.57 bits per heavy atom. The summed E-state index contributed by atoms with van der Waals surface area (Å²) in [5, 5.41) is 17.3. The maximum Gasteiger partial charge on any atom is 0.310 e. The molecule has 5 unspecified atom stereocenters. The first-order valence-electron chi connectivity index (χ1n) is 12.3. The number of cyclic esters (lactones) is 1. The largest absolute Gasteiger partial charge is 0.434 e. The summed E-state index contributed by atoms with van der Waals surface area (Å²) < 4.78 is 10.4. The van der Waals surface area contributed by atoms with Crippen LogP contribution in [0.3, 0.4) is 0 Å². The average Bonchev–Trinajstić information content (AvgIpc) is 3.20. The van der Waals surface area contributed by atoms with Gasteiger partial charge >= 0.3 is 5.97 Å². The number of hydrogen-bond acceptors (Lipinski definition) is 7. The monoisotopic (exact) mass is 507 g/mol. The van der Waals surface area contributed by atoms with Crippen LogP contribution in [0.1, 0.15) is 36.5 Å². The molecule has 10 nitrogen and oxygen atoms in total. The second-order valence-corrected chi connectivity index (χ2v) is 9.73. The third-order valence-electron chi connectivity index (χ3n) is 7.06. The summed E-state index contributed by atoms with van der Waals surface area (Å²) in [5.74, 6) is -1.94. The number of esters is 1. The van der Waals surface area contributed by atoms with Crippen molar-refractivity contribution >= 4 is 34.5 Å². The number of benzene rings is 2. The number of morpholine rings is 1. The maximum absolute atomic E-state index is 13.8. The summed E-state index contributed by atoms with van der Waals surface area (Å²) in [5.41, 5.74) is 1.45. The summed E-state index contributed by atoms with van der Waals surface area (Å²) in [6, 6.07) is 9.87. The number of nitrogens with one attached hydrogen (secondary N) is 2. The lowest BCUT2D eigenvalue weighted by Gasteiger charge is -2.44. The Hall–Kier alpha value is -3.76. The van der Waals surface area contributed by atoms with Crippen LogP contribution in [-0.4, -0.2) is 77.4 Å². The molecule has 0 radical (unpaired) electrons. The smallest absolute Gasteiger partial charge is 0.310 e. The molecule has 0 bridgehead atoms. The topological polar surface area (TPSA) is 134 Å². The number of hydrogen-bond donors (Lipinski definition) is 3. The second-order valence-electron chi connectivity index (χ2n) is 9.73. The van der Waals surface area contributed by atoms with E-state index in [0.717, 1.165) is 16.3 Å². The first kappa shape index (κ1) is 24.9. The quantitative estimate of drug-likeness (QED) is 0.416. The zero-order valence-corrected chi connectivity index (χ0v) is 20.4. The number of aliphatic hydroxyl groups excluding tert-OH is 1. The minimum atomic E-state index is -1.45. The molecular weight excluding hydrogens is 478 g/mol. The van der Waals surface area contributed by atoms with Gasteiger partial charge in [-0.05, 0) is 42.7 Å². The molecule has 2 saturated heterocycles. The van der Waals surface area contributed by atoms with Crippen molar-refractivity contribution < 1.29 is 33.8 Å². The van der Waals surface area contributed by atoms with Crippen LogP contribution in [-0.2, 0) is 23.9 Å². The molecule has 0 aliphatic carbocycles. The molecule has 37 heavy (non-hydrogen) atoms. The van der Waals surface area contributed by atoms with E-state index >= 15 is 0 Å². The van der Waals surface area contributed by atoms with Crippen LogP contribution < -0.4 is 10.6 Å². The average molecular weight is 508 g/mol. The van der Waals surface area contributed by atoms with Crippen LogP contribution in [0.25, 0.3) is 10.8 Å². The molecule has 3 amide bonds. The molecule has 194 valence electrons. The third-order valence-corrected chi connectivity index (χ3v) is 7.06. The number of amides is 3. The van der Waals surface area contributed by atoms with Gasteiger partial charge in [0.1, 0.15) is 18.1 Å². The van der Waals surface area contributed by atoms with Gasteiger partial charge in [-0.25, -0.2) is 0 Å². The highest BCUT2D eigenvalue weighted by Gasteiger charge is 2.44. The standard InChI is InChI=1S/C27H29N3O7/c1-15-6-9-20(28-24(32)18-8-7-16-4-2-3-5-17(16)11-18)26(34)30-19(10-15)13-36-14-22(30)25(33)29-21-12-23(31)37-27(21)35/h2-8,11,19-22,27,35H,9-10,12-14H2,1H3,(H,28,32)(H,29,33)/b15-6-. The third kappa shape index (κ3) is 5.21. The fraction of sp³-hybridized carbons (Fsp3) is 0.407. The van der Waals surface area contributed by atoms with Crippen molar-refractivity contribution in [3.63, 3.8) is 0 Å². The zero-order chi connectivity index (χ0) is 26.1. The molecule has 2 aromatic rings. The van der Waals surface area contributed by atoms with Gasteiger partial charge in [0, 0.05) is 5.56 Å². The normalized spacial score (nSPS) is 29.4. The van der Waals surface area contributed by atoms with E-state index in [1.165, 1.54) is 4.90 Å². The van der Waals surface area contributed by atoms with Crippen LogP contribution in [0.2, 0.25) is 0 Å². The first-order chi connectivity index (χ1) is 17.8. The van der Waals surface area contributed by atoms with Crippen LogP contribution in [0.15, 0.2) is 54.1 Å². The van der Waals surface area contributed by atoms with Crippen LogP contribution in [0, 0.1) is 0 Å². The highest BCUT2D eigenvalue weighted by molar-refractivity contribution is 6.01. The second kappa shape index (κ2) is 10.3. The van der Waals surface area contributed by atoms with E-state index in [2.05, 4.69) is 10.6 Å². The molecule has 2 fully saturated rings. The van der Waals surface area contributed by atoms with Crippen molar-refractivity contribution in [1.82, 2.24) is 15.5 Å². The van der Waals surface area contributed by atoms with Crippen molar-refractivity contribution in [2.45, 2.75) is 56.6 Å². The number of rotatable bonds is 4. The van der Waals surface area contributed by atoms with Crippen LogP contribution >= 0.6 is 0 Å². The summed E-state index contributed by atoms with van der Waals surface area (Å²) in [4.78, 5) is 53.2. The van der Waals surface area contributed by atoms with Gasteiger partial charge in [0.05, 0.1) is 25.7 Å². The number of aliphatic hydroxyl groups is 1.